The second-order valence-electron chi connectivity index (χ2n) is 4.26. The van der Waals surface area contributed by atoms with Gasteiger partial charge in [0.1, 0.15) is 5.76 Å². The van der Waals surface area contributed by atoms with E-state index in [0.717, 1.165) is 6.07 Å². The van der Waals surface area contributed by atoms with Crippen molar-refractivity contribution in [1.82, 2.24) is 10.5 Å². The third kappa shape index (κ3) is 4.27. The summed E-state index contributed by atoms with van der Waals surface area (Å²) < 4.78 is 54.2. The average molecular weight is 339 g/mol. The molecule has 8 nitrogen and oxygen atoms in total. The quantitative estimate of drug-likeness (QED) is 0.603. The van der Waals surface area contributed by atoms with Crippen LogP contribution in [-0.4, -0.2) is 42.3 Å². The van der Waals surface area contributed by atoms with Gasteiger partial charge in [-0.2, -0.15) is 13.2 Å². The van der Waals surface area contributed by atoms with Crippen molar-refractivity contribution in [1.29, 1.82) is 0 Å². The number of aryl methyl sites for hydroxylation is 1. The van der Waals surface area contributed by atoms with Crippen LogP contribution in [0.15, 0.2) is 10.6 Å². The SMILES string of the molecule is CCOC(=O)N[C@](Nc1cc(C)on1)(C(=O)OCC)C(F)(F)F. The fourth-order valence-electron chi connectivity index (χ4n) is 1.57. The van der Waals surface area contributed by atoms with Gasteiger partial charge in [0.25, 0.3) is 0 Å². The third-order valence-corrected chi connectivity index (χ3v) is 2.52. The van der Waals surface area contributed by atoms with Gasteiger partial charge in [-0.05, 0) is 20.8 Å². The van der Waals surface area contributed by atoms with E-state index in [1.165, 1.54) is 26.1 Å². The van der Waals surface area contributed by atoms with Crippen LogP contribution >= 0.6 is 0 Å². The molecule has 23 heavy (non-hydrogen) atoms. The maximum absolute atomic E-state index is 13.6. The van der Waals surface area contributed by atoms with Crippen LogP contribution in [-0.2, 0) is 14.3 Å². The van der Waals surface area contributed by atoms with Gasteiger partial charge in [-0.15, -0.1) is 0 Å². The van der Waals surface area contributed by atoms with E-state index in [2.05, 4.69) is 19.2 Å². The van der Waals surface area contributed by atoms with Crippen LogP contribution in [0.3, 0.4) is 0 Å². The van der Waals surface area contributed by atoms with E-state index in [4.69, 9.17) is 0 Å². The first kappa shape index (κ1) is 18.6. The maximum Gasteiger partial charge on any atom is 0.442 e. The fourth-order valence-corrected chi connectivity index (χ4v) is 1.57. The Morgan fingerprint density at radius 3 is 2.30 bits per heavy atom. The molecule has 2 N–H and O–H groups in total. The van der Waals surface area contributed by atoms with E-state index < -0.39 is 29.7 Å². The lowest BCUT2D eigenvalue weighted by molar-refractivity contribution is -0.205. The van der Waals surface area contributed by atoms with Crippen LogP contribution in [0.5, 0.6) is 0 Å². The number of esters is 1. The summed E-state index contributed by atoms with van der Waals surface area (Å²) in [7, 11) is 0. The van der Waals surface area contributed by atoms with Crippen LogP contribution in [0, 0.1) is 6.92 Å². The Labute approximate surface area is 129 Å². The minimum Gasteiger partial charge on any atom is -0.463 e. The van der Waals surface area contributed by atoms with Gasteiger partial charge in [0.05, 0.1) is 13.2 Å². The summed E-state index contributed by atoms with van der Waals surface area (Å²) in [6, 6.07) is 1.12. The largest absolute Gasteiger partial charge is 0.463 e. The summed E-state index contributed by atoms with van der Waals surface area (Å²) in [5.74, 6) is -1.98. The molecule has 0 aliphatic heterocycles. The molecule has 0 radical (unpaired) electrons. The van der Waals surface area contributed by atoms with Crippen molar-refractivity contribution in [2.24, 2.45) is 0 Å². The highest BCUT2D eigenvalue weighted by Gasteiger charge is 2.64. The highest BCUT2D eigenvalue weighted by Crippen LogP contribution is 2.33. The van der Waals surface area contributed by atoms with E-state index in [9.17, 15) is 22.8 Å². The Bertz CT molecular complexity index is 560. The van der Waals surface area contributed by atoms with Crippen LogP contribution < -0.4 is 10.6 Å². The molecule has 0 fully saturated rings. The standard InChI is InChI=1S/C12H16F3N3O5/c1-4-21-9(19)11(12(13,14)15,17-10(20)22-5-2)16-8-6-7(3)23-18-8/h6H,4-5H2,1-3H3,(H,16,18)(H,17,20)/t11-/m1/s1. The van der Waals surface area contributed by atoms with Crippen molar-refractivity contribution >= 4 is 17.9 Å². The molecule has 0 bridgehead atoms. The number of aromatic nitrogens is 1. The summed E-state index contributed by atoms with van der Waals surface area (Å²) in [4.78, 5) is 23.4. The summed E-state index contributed by atoms with van der Waals surface area (Å²) >= 11 is 0. The number of hydrogen-bond donors (Lipinski definition) is 2. The lowest BCUT2D eigenvalue weighted by Crippen LogP contribution is -2.69. The van der Waals surface area contributed by atoms with Crippen LogP contribution in [0.1, 0.15) is 19.6 Å². The fraction of sp³-hybridized carbons (Fsp3) is 0.583. The molecular formula is C12H16F3N3O5. The normalized spacial score (nSPS) is 13.8. The predicted molar refractivity (Wildman–Crippen MR) is 70.4 cm³/mol. The van der Waals surface area contributed by atoms with Crippen molar-refractivity contribution in [3.05, 3.63) is 11.8 Å². The summed E-state index contributed by atoms with van der Waals surface area (Å²) in [6.45, 7) is 3.64. The molecule has 0 aromatic carbocycles. The highest BCUT2D eigenvalue weighted by atomic mass is 19.4. The second kappa shape index (κ2) is 7.20. The molecule has 0 unspecified atom stereocenters. The minimum atomic E-state index is -5.25. The van der Waals surface area contributed by atoms with Crippen molar-refractivity contribution in [2.45, 2.75) is 32.6 Å². The zero-order valence-corrected chi connectivity index (χ0v) is 12.6. The van der Waals surface area contributed by atoms with Crippen molar-refractivity contribution in [2.75, 3.05) is 18.5 Å². The lowest BCUT2D eigenvalue weighted by Gasteiger charge is -2.33. The topological polar surface area (TPSA) is 103 Å². The number of alkyl carbamates (subject to hydrolysis) is 1. The Balaban J connectivity index is 3.27. The Kier molecular flexibility index (Phi) is 5.82. The Hall–Kier alpha value is -2.46. The van der Waals surface area contributed by atoms with Gasteiger partial charge in [0.15, 0.2) is 5.82 Å². The van der Waals surface area contributed by atoms with Gasteiger partial charge >= 0.3 is 23.9 Å². The number of rotatable bonds is 6. The molecule has 1 rings (SSSR count). The number of ether oxygens (including phenoxy) is 2. The molecule has 1 atom stereocenters. The van der Waals surface area contributed by atoms with Crippen molar-refractivity contribution in [3.63, 3.8) is 0 Å². The number of anilines is 1. The van der Waals surface area contributed by atoms with E-state index in [1.807, 2.05) is 5.32 Å². The Morgan fingerprint density at radius 2 is 1.87 bits per heavy atom. The molecule has 0 aliphatic rings. The number of carbonyl (C=O) groups excluding carboxylic acids is 2. The number of nitrogens with zero attached hydrogens (tertiary/aromatic N) is 1. The number of halogens is 3. The first-order valence-electron chi connectivity index (χ1n) is 6.56. The lowest BCUT2D eigenvalue weighted by atomic mass is 10.1. The number of carbonyl (C=O) groups is 2. The molecule has 1 amide bonds. The van der Waals surface area contributed by atoms with E-state index in [1.54, 1.807) is 0 Å². The van der Waals surface area contributed by atoms with Crippen LogP contribution in [0.4, 0.5) is 23.8 Å². The molecular weight excluding hydrogens is 323 g/mol. The molecule has 0 saturated carbocycles. The molecule has 130 valence electrons. The van der Waals surface area contributed by atoms with Gasteiger partial charge < -0.3 is 19.3 Å². The van der Waals surface area contributed by atoms with Gasteiger partial charge in [-0.1, -0.05) is 5.16 Å². The maximum atomic E-state index is 13.6. The molecule has 0 aliphatic carbocycles. The first-order valence-corrected chi connectivity index (χ1v) is 6.56. The Morgan fingerprint density at radius 1 is 1.26 bits per heavy atom. The third-order valence-electron chi connectivity index (χ3n) is 2.52. The number of nitrogens with one attached hydrogen (secondary N) is 2. The van der Waals surface area contributed by atoms with Gasteiger partial charge in [0.2, 0.25) is 0 Å². The number of amides is 1. The molecule has 0 spiro atoms. The number of hydrogen-bond acceptors (Lipinski definition) is 7. The van der Waals surface area contributed by atoms with E-state index >= 15 is 0 Å². The van der Waals surface area contributed by atoms with Gasteiger partial charge in [0, 0.05) is 6.07 Å². The summed E-state index contributed by atoms with van der Waals surface area (Å²) in [5, 5.41) is 6.60. The monoisotopic (exact) mass is 339 g/mol. The molecule has 11 heteroatoms. The number of alkyl halides is 3. The van der Waals surface area contributed by atoms with Gasteiger partial charge in [-0.3, -0.25) is 5.32 Å². The molecule has 0 saturated heterocycles. The first-order chi connectivity index (χ1) is 10.7. The van der Waals surface area contributed by atoms with Crippen molar-refractivity contribution in [3.8, 4) is 0 Å². The molecule has 1 aromatic rings. The predicted octanol–water partition coefficient (Wildman–Crippen LogP) is 1.96. The highest BCUT2D eigenvalue weighted by molar-refractivity contribution is 5.89. The average Bonchev–Trinajstić information content (AvgIpc) is 2.82. The minimum absolute atomic E-state index is 0.189. The second-order valence-corrected chi connectivity index (χ2v) is 4.26. The summed E-state index contributed by atoms with van der Waals surface area (Å²) in [6.07, 6.45) is -6.70. The summed E-state index contributed by atoms with van der Waals surface area (Å²) in [5.41, 5.74) is -3.57. The van der Waals surface area contributed by atoms with Crippen LogP contribution in [0.25, 0.3) is 0 Å². The zero-order valence-electron chi connectivity index (χ0n) is 12.6. The smallest absolute Gasteiger partial charge is 0.442 e. The van der Waals surface area contributed by atoms with Crippen LogP contribution in [0.2, 0.25) is 0 Å². The molecule has 1 heterocycles. The van der Waals surface area contributed by atoms with Gasteiger partial charge in [-0.25, -0.2) is 9.59 Å². The van der Waals surface area contributed by atoms with E-state index in [0.29, 0.717) is 0 Å². The molecule has 1 aromatic heterocycles. The van der Waals surface area contributed by atoms with E-state index in [-0.39, 0.29) is 19.0 Å². The zero-order chi connectivity index (χ0) is 17.7. The van der Waals surface area contributed by atoms with Crippen molar-refractivity contribution < 1.29 is 36.8 Å².